The summed E-state index contributed by atoms with van der Waals surface area (Å²) in [6, 6.07) is 0.479. The lowest BCUT2D eigenvalue weighted by Gasteiger charge is -2.10. The van der Waals surface area contributed by atoms with Crippen molar-refractivity contribution >= 4 is 0 Å². The highest BCUT2D eigenvalue weighted by Gasteiger charge is 2.52. The standard InChI is InChI=1S/C8H16N2/c1-2-10-5-7(9)8(6-10)3-4-8/h7H,2-6,9H2,1H3/t7-/m1/s1. The molecule has 1 aliphatic heterocycles. The third-order valence-corrected chi connectivity index (χ3v) is 3.12. The molecule has 2 aliphatic rings. The van der Waals surface area contributed by atoms with Gasteiger partial charge in [-0.3, -0.25) is 0 Å². The van der Waals surface area contributed by atoms with Crippen LogP contribution in [0.2, 0.25) is 0 Å². The van der Waals surface area contributed by atoms with Gasteiger partial charge in [0.2, 0.25) is 0 Å². The summed E-state index contributed by atoms with van der Waals surface area (Å²) in [5, 5.41) is 0. The highest BCUT2D eigenvalue weighted by atomic mass is 15.2. The molecule has 0 amide bonds. The van der Waals surface area contributed by atoms with Crippen LogP contribution in [-0.2, 0) is 0 Å². The topological polar surface area (TPSA) is 29.3 Å². The predicted molar refractivity (Wildman–Crippen MR) is 41.8 cm³/mol. The fraction of sp³-hybridized carbons (Fsp3) is 1.00. The van der Waals surface area contributed by atoms with Crippen LogP contribution in [0, 0.1) is 5.41 Å². The molecular formula is C8H16N2. The van der Waals surface area contributed by atoms with Gasteiger partial charge in [-0.2, -0.15) is 0 Å². The van der Waals surface area contributed by atoms with Crippen LogP contribution in [0.25, 0.3) is 0 Å². The van der Waals surface area contributed by atoms with Crippen LogP contribution in [0.5, 0.6) is 0 Å². The SMILES string of the molecule is CCN1C[C@@H](N)C2(CC2)C1. The number of likely N-dealkylation sites (N-methyl/N-ethyl adjacent to an activating group) is 1. The zero-order chi connectivity index (χ0) is 7.19. The normalized spacial score (nSPS) is 37.2. The Morgan fingerprint density at radius 1 is 1.60 bits per heavy atom. The first-order valence-electron chi connectivity index (χ1n) is 4.25. The van der Waals surface area contributed by atoms with Crippen molar-refractivity contribution in [2.45, 2.75) is 25.8 Å². The molecule has 0 aromatic heterocycles. The van der Waals surface area contributed by atoms with Crippen molar-refractivity contribution < 1.29 is 0 Å². The minimum Gasteiger partial charge on any atom is -0.326 e. The Kier molecular flexibility index (Phi) is 1.29. The van der Waals surface area contributed by atoms with Crippen molar-refractivity contribution in [2.24, 2.45) is 11.1 Å². The van der Waals surface area contributed by atoms with E-state index in [9.17, 15) is 0 Å². The van der Waals surface area contributed by atoms with Crippen molar-refractivity contribution in [3.8, 4) is 0 Å². The number of nitrogens with two attached hydrogens (primary N) is 1. The minimum absolute atomic E-state index is 0.479. The maximum Gasteiger partial charge on any atom is 0.0237 e. The number of nitrogens with zero attached hydrogens (tertiary/aromatic N) is 1. The highest BCUT2D eigenvalue weighted by molar-refractivity contribution is 5.08. The molecule has 1 saturated heterocycles. The molecule has 1 spiro atoms. The van der Waals surface area contributed by atoms with Gasteiger partial charge < -0.3 is 10.6 Å². The summed E-state index contributed by atoms with van der Waals surface area (Å²) in [5.74, 6) is 0. The molecule has 0 radical (unpaired) electrons. The van der Waals surface area contributed by atoms with Gasteiger partial charge in [0, 0.05) is 19.1 Å². The van der Waals surface area contributed by atoms with E-state index in [2.05, 4.69) is 11.8 Å². The molecule has 58 valence electrons. The molecule has 2 heteroatoms. The fourth-order valence-electron chi connectivity index (χ4n) is 2.03. The quantitative estimate of drug-likeness (QED) is 0.572. The minimum atomic E-state index is 0.479. The van der Waals surface area contributed by atoms with Crippen LogP contribution >= 0.6 is 0 Å². The van der Waals surface area contributed by atoms with Gasteiger partial charge in [0.25, 0.3) is 0 Å². The average molecular weight is 140 g/mol. The van der Waals surface area contributed by atoms with Gasteiger partial charge in [-0.25, -0.2) is 0 Å². The van der Waals surface area contributed by atoms with Crippen molar-refractivity contribution in [1.82, 2.24) is 4.90 Å². The average Bonchev–Trinajstić information content (AvgIpc) is 2.60. The highest BCUT2D eigenvalue weighted by Crippen LogP contribution is 2.51. The first kappa shape index (κ1) is 6.62. The molecule has 2 rings (SSSR count). The molecule has 2 fully saturated rings. The molecule has 1 saturated carbocycles. The number of hydrogen-bond donors (Lipinski definition) is 1. The Labute approximate surface area is 62.4 Å². The second-order valence-electron chi connectivity index (χ2n) is 3.80. The van der Waals surface area contributed by atoms with Gasteiger partial charge in [-0.1, -0.05) is 6.92 Å². The van der Waals surface area contributed by atoms with E-state index >= 15 is 0 Å². The van der Waals surface area contributed by atoms with E-state index in [1.165, 1.54) is 25.9 Å². The molecule has 2 N–H and O–H groups in total. The summed E-state index contributed by atoms with van der Waals surface area (Å²) in [5.41, 5.74) is 6.58. The van der Waals surface area contributed by atoms with Crippen LogP contribution < -0.4 is 5.73 Å². The van der Waals surface area contributed by atoms with Crippen molar-refractivity contribution in [3.63, 3.8) is 0 Å². The lowest BCUT2D eigenvalue weighted by molar-refractivity contribution is 0.337. The maximum atomic E-state index is 6.00. The smallest absolute Gasteiger partial charge is 0.0237 e. The van der Waals surface area contributed by atoms with Gasteiger partial charge >= 0.3 is 0 Å². The molecule has 0 aromatic carbocycles. The largest absolute Gasteiger partial charge is 0.326 e. The Bertz CT molecular complexity index is 140. The second kappa shape index (κ2) is 1.95. The summed E-state index contributed by atoms with van der Waals surface area (Å²) < 4.78 is 0. The number of hydrogen-bond acceptors (Lipinski definition) is 2. The number of rotatable bonds is 1. The van der Waals surface area contributed by atoms with E-state index in [1.54, 1.807) is 0 Å². The van der Waals surface area contributed by atoms with E-state index in [4.69, 9.17) is 5.73 Å². The summed E-state index contributed by atoms with van der Waals surface area (Å²) in [6.45, 7) is 5.80. The van der Waals surface area contributed by atoms with E-state index in [1.807, 2.05) is 0 Å². The third-order valence-electron chi connectivity index (χ3n) is 3.12. The van der Waals surface area contributed by atoms with Crippen LogP contribution in [0.3, 0.4) is 0 Å². The Balaban J connectivity index is 2.01. The summed E-state index contributed by atoms with van der Waals surface area (Å²) in [4.78, 5) is 2.47. The van der Waals surface area contributed by atoms with Gasteiger partial charge in [-0.15, -0.1) is 0 Å². The van der Waals surface area contributed by atoms with E-state index < -0.39 is 0 Å². The van der Waals surface area contributed by atoms with Crippen molar-refractivity contribution in [2.75, 3.05) is 19.6 Å². The molecule has 2 nitrogen and oxygen atoms in total. The Hall–Kier alpha value is -0.0800. The molecular weight excluding hydrogens is 124 g/mol. The van der Waals surface area contributed by atoms with Crippen molar-refractivity contribution in [3.05, 3.63) is 0 Å². The van der Waals surface area contributed by atoms with Gasteiger partial charge in [0.1, 0.15) is 0 Å². The van der Waals surface area contributed by atoms with Crippen LogP contribution in [-0.4, -0.2) is 30.6 Å². The predicted octanol–water partition coefficient (Wildman–Crippen LogP) is 0.429. The molecule has 10 heavy (non-hydrogen) atoms. The molecule has 1 aliphatic carbocycles. The fourth-order valence-corrected chi connectivity index (χ4v) is 2.03. The number of likely N-dealkylation sites (tertiary alicyclic amines) is 1. The molecule has 0 unspecified atom stereocenters. The lowest BCUT2D eigenvalue weighted by Crippen LogP contribution is -2.30. The van der Waals surface area contributed by atoms with Gasteiger partial charge in [0.05, 0.1) is 0 Å². The van der Waals surface area contributed by atoms with E-state index in [0.717, 1.165) is 6.54 Å². The molecule has 0 bridgehead atoms. The lowest BCUT2D eigenvalue weighted by atomic mass is 10.0. The summed E-state index contributed by atoms with van der Waals surface area (Å²) >= 11 is 0. The monoisotopic (exact) mass is 140 g/mol. The van der Waals surface area contributed by atoms with Crippen molar-refractivity contribution in [1.29, 1.82) is 0 Å². The van der Waals surface area contributed by atoms with E-state index in [0.29, 0.717) is 11.5 Å². The summed E-state index contributed by atoms with van der Waals surface area (Å²) in [6.07, 6.45) is 2.76. The second-order valence-corrected chi connectivity index (χ2v) is 3.80. The van der Waals surface area contributed by atoms with Crippen LogP contribution in [0.4, 0.5) is 0 Å². The Morgan fingerprint density at radius 3 is 2.60 bits per heavy atom. The zero-order valence-corrected chi connectivity index (χ0v) is 6.64. The zero-order valence-electron chi connectivity index (χ0n) is 6.64. The van der Waals surface area contributed by atoms with Gasteiger partial charge in [-0.05, 0) is 24.8 Å². The molecule has 1 atom stereocenters. The van der Waals surface area contributed by atoms with Crippen LogP contribution in [0.1, 0.15) is 19.8 Å². The molecule has 0 aromatic rings. The summed E-state index contributed by atoms with van der Waals surface area (Å²) in [7, 11) is 0. The van der Waals surface area contributed by atoms with Crippen LogP contribution in [0.15, 0.2) is 0 Å². The molecule has 1 heterocycles. The first-order chi connectivity index (χ1) is 4.77. The van der Waals surface area contributed by atoms with E-state index in [-0.39, 0.29) is 0 Å². The van der Waals surface area contributed by atoms with Gasteiger partial charge in [0.15, 0.2) is 0 Å². The maximum absolute atomic E-state index is 6.00. The first-order valence-corrected chi connectivity index (χ1v) is 4.25. The third kappa shape index (κ3) is 0.789. The Morgan fingerprint density at radius 2 is 2.30 bits per heavy atom.